The molecule has 2 aromatic rings. The summed E-state index contributed by atoms with van der Waals surface area (Å²) < 4.78 is 0. The van der Waals surface area contributed by atoms with Crippen molar-refractivity contribution in [3.63, 3.8) is 0 Å². The van der Waals surface area contributed by atoms with Crippen molar-refractivity contribution in [3.8, 4) is 0 Å². The lowest BCUT2D eigenvalue weighted by molar-refractivity contribution is -0.113. The van der Waals surface area contributed by atoms with Crippen LogP contribution in [-0.4, -0.2) is 11.0 Å². The van der Waals surface area contributed by atoms with E-state index in [1.165, 1.54) is 11.8 Å². The predicted octanol–water partition coefficient (Wildman–Crippen LogP) is 4.69. The van der Waals surface area contributed by atoms with Crippen LogP contribution < -0.4 is 0 Å². The van der Waals surface area contributed by atoms with Gasteiger partial charge in [-0.05, 0) is 24.1 Å². The Morgan fingerprint density at radius 3 is 2.32 bits per heavy atom. The van der Waals surface area contributed by atoms with Crippen LogP contribution in [0.1, 0.15) is 18.1 Å². The highest BCUT2D eigenvalue weighted by molar-refractivity contribution is 8.19. The standard InChI is InChI=1S/C19H15NOS/c1-14(12-15-8-4-2-5-9-15)13-17-18(21)20-19(22-17)16-10-6-3-7-11-16/h2-13H,1H3/b14-12-,17-13-. The van der Waals surface area contributed by atoms with E-state index in [0.717, 1.165) is 21.7 Å². The number of hydrogen-bond donors (Lipinski definition) is 0. The van der Waals surface area contributed by atoms with Gasteiger partial charge in [0.15, 0.2) is 0 Å². The maximum atomic E-state index is 12.0. The lowest BCUT2D eigenvalue weighted by atomic mass is 10.1. The summed E-state index contributed by atoms with van der Waals surface area (Å²) in [5.74, 6) is -0.162. The summed E-state index contributed by atoms with van der Waals surface area (Å²) in [4.78, 5) is 16.9. The molecule has 0 saturated carbocycles. The Hall–Kier alpha value is -2.39. The van der Waals surface area contributed by atoms with E-state index in [2.05, 4.69) is 11.1 Å². The Balaban J connectivity index is 1.80. The van der Waals surface area contributed by atoms with E-state index in [-0.39, 0.29) is 5.91 Å². The summed E-state index contributed by atoms with van der Waals surface area (Å²) in [7, 11) is 0. The molecule has 1 aliphatic heterocycles. The molecule has 0 aliphatic carbocycles. The van der Waals surface area contributed by atoms with Crippen molar-refractivity contribution in [1.29, 1.82) is 0 Å². The fourth-order valence-corrected chi connectivity index (χ4v) is 3.14. The predicted molar refractivity (Wildman–Crippen MR) is 93.8 cm³/mol. The summed E-state index contributed by atoms with van der Waals surface area (Å²) in [5, 5.41) is 0.768. The van der Waals surface area contributed by atoms with Gasteiger partial charge in [0.1, 0.15) is 5.04 Å². The Bertz CT molecular complexity index is 774. The highest BCUT2D eigenvalue weighted by atomic mass is 32.2. The summed E-state index contributed by atoms with van der Waals surface area (Å²) in [6.07, 6.45) is 3.96. The molecule has 0 saturated heterocycles. The van der Waals surface area contributed by atoms with Crippen molar-refractivity contribution in [2.45, 2.75) is 6.92 Å². The van der Waals surface area contributed by atoms with Crippen LogP contribution in [0.25, 0.3) is 6.08 Å². The van der Waals surface area contributed by atoms with Crippen LogP contribution in [0.4, 0.5) is 0 Å². The number of carbonyl (C=O) groups is 1. The van der Waals surface area contributed by atoms with Crippen LogP contribution >= 0.6 is 11.8 Å². The molecule has 22 heavy (non-hydrogen) atoms. The molecule has 0 spiro atoms. The van der Waals surface area contributed by atoms with Crippen molar-refractivity contribution in [2.75, 3.05) is 0 Å². The SMILES string of the molecule is CC(=C/c1ccccc1)/C=C1\SC(c2ccccc2)=NC1=O. The van der Waals surface area contributed by atoms with Gasteiger partial charge in [0.25, 0.3) is 5.91 Å². The Labute approximate surface area is 134 Å². The third-order valence-electron chi connectivity index (χ3n) is 3.19. The molecule has 1 amide bonds. The molecular weight excluding hydrogens is 290 g/mol. The van der Waals surface area contributed by atoms with E-state index < -0.39 is 0 Å². The van der Waals surface area contributed by atoms with Crippen LogP contribution in [0.3, 0.4) is 0 Å². The van der Waals surface area contributed by atoms with Gasteiger partial charge >= 0.3 is 0 Å². The normalized spacial score (nSPS) is 17.0. The highest BCUT2D eigenvalue weighted by Crippen LogP contribution is 2.31. The fraction of sp³-hybridized carbons (Fsp3) is 0.0526. The van der Waals surface area contributed by atoms with Crippen molar-refractivity contribution in [2.24, 2.45) is 4.99 Å². The number of hydrogen-bond acceptors (Lipinski definition) is 2. The van der Waals surface area contributed by atoms with E-state index in [1.807, 2.05) is 73.7 Å². The van der Waals surface area contributed by atoms with E-state index in [1.54, 1.807) is 0 Å². The van der Waals surface area contributed by atoms with Gasteiger partial charge in [-0.1, -0.05) is 78.5 Å². The first-order chi connectivity index (χ1) is 10.7. The maximum absolute atomic E-state index is 12.0. The third kappa shape index (κ3) is 3.43. The van der Waals surface area contributed by atoms with Gasteiger partial charge in [-0.25, -0.2) is 4.99 Å². The number of benzene rings is 2. The zero-order chi connectivity index (χ0) is 15.4. The van der Waals surface area contributed by atoms with Crippen LogP contribution in [0.15, 0.2) is 82.2 Å². The molecule has 108 valence electrons. The molecule has 2 nitrogen and oxygen atoms in total. The molecule has 1 aliphatic rings. The lowest BCUT2D eigenvalue weighted by Gasteiger charge is -1.99. The van der Waals surface area contributed by atoms with Crippen molar-refractivity contribution < 1.29 is 4.79 Å². The summed E-state index contributed by atoms with van der Waals surface area (Å²) in [5.41, 5.74) is 3.14. The maximum Gasteiger partial charge on any atom is 0.284 e. The second-order valence-electron chi connectivity index (χ2n) is 5.00. The molecule has 3 rings (SSSR count). The molecule has 3 heteroatoms. The summed E-state index contributed by atoms with van der Waals surface area (Å²) in [6, 6.07) is 19.8. The largest absolute Gasteiger partial charge is 0.284 e. The topological polar surface area (TPSA) is 29.4 Å². The second kappa shape index (κ2) is 6.58. The van der Waals surface area contributed by atoms with E-state index in [9.17, 15) is 4.79 Å². The van der Waals surface area contributed by atoms with Crippen molar-refractivity contribution in [1.82, 2.24) is 0 Å². The van der Waals surface area contributed by atoms with Crippen LogP contribution in [-0.2, 0) is 4.79 Å². The molecule has 0 radical (unpaired) electrons. The lowest BCUT2D eigenvalue weighted by Crippen LogP contribution is -1.89. The van der Waals surface area contributed by atoms with Gasteiger partial charge in [0.05, 0.1) is 4.91 Å². The molecule has 0 N–H and O–H groups in total. The molecule has 0 fully saturated rings. The fourth-order valence-electron chi connectivity index (χ4n) is 2.17. The molecule has 0 bridgehead atoms. The number of nitrogens with zero attached hydrogens (tertiary/aromatic N) is 1. The molecule has 0 unspecified atom stereocenters. The first kappa shape index (κ1) is 14.5. The zero-order valence-corrected chi connectivity index (χ0v) is 13.0. The average Bonchev–Trinajstić information content (AvgIpc) is 2.90. The highest BCUT2D eigenvalue weighted by Gasteiger charge is 2.22. The van der Waals surface area contributed by atoms with Gasteiger partial charge in [-0.2, -0.15) is 0 Å². The second-order valence-corrected chi connectivity index (χ2v) is 6.03. The van der Waals surface area contributed by atoms with Gasteiger partial charge in [-0.3, -0.25) is 4.79 Å². The third-order valence-corrected chi connectivity index (χ3v) is 4.23. The van der Waals surface area contributed by atoms with Crippen LogP contribution in [0.5, 0.6) is 0 Å². The minimum absolute atomic E-state index is 0.162. The number of amides is 1. The molecule has 1 heterocycles. The number of rotatable bonds is 3. The Morgan fingerprint density at radius 2 is 1.64 bits per heavy atom. The van der Waals surface area contributed by atoms with E-state index in [0.29, 0.717) is 4.91 Å². The van der Waals surface area contributed by atoms with Crippen molar-refractivity contribution in [3.05, 3.63) is 88.3 Å². The first-order valence-corrected chi connectivity index (χ1v) is 7.85. The Morgan fingerprint density at radius 1 is 1.00 bits per heavy atom. The molecule has 0 atom stereocenters. The summed E-state index contributed by atoms with van der Waals surface area (Å²) in [6.45, 7) is 1.99. The molecule has 0 aromatic heterocycles. The van der Waals surface area contributed by atoms with Crippen LogP contribution in [0.2, 0.25) is 0 Å². The molecular formula is C19H15NOS. The molecule has 2 aromatic carbocycles. The quantitative estimate of drug-likeness (QED) is 0.770. The van der Waals surface area contributed by atoms with Gasteiger partial charge in [-0.15, -0.1) is 0 Å². The van der Waals surface area contributed by atoms with Crippen LogP contribution in [0, 0.1) is 0 Å². The first-order valence-electron chi connectivity index (χ1n) is 7.04. The average molecular weight is 305 g/mol. The number of aliphatic imine (C=N–C) groups is 1. The minimum Gasteiger partial charge on any atom is -0.266 e. The van der Waals surface area contributed by atoms with Crippen molar-refractivity contribution >= 4 is 28.8 Å². The Kier molecular flexibility index (Phi) is 4.35. The minimum atomic E-state index is -0.162. The number of allylic oxidation sites excluding steroid dienone is 2. The van der Waals surface area contributed by atoms with E-state index >= 15 is 0 Å². The van der Waals surface area contributed by atoms with Gasteiger partial charge in [0.2, 0.25) is 0 Å². The number of carbonyl (C=O) groups excluding carboxylic acids is 1. The van der Waals surface area contributed by atoms with Gasteiger partial charge < -0.3 is 0 Å². The number of thioether (sulfide) groups is 1. The smallest absolute Gasteiger partial charge is 0.266 e. The zero-order valence-electron chi connectivity index (χ0n) is 12.2. The monoisotopic (exact) mass is 305 g/mol. The van der Waals surface area contributed by atoms with E-state index in [4.69, 9.17) is 0 Å². The van der Waals surface area contributed by atoms with Gasteiger partial charge in [0, 0.05) is 5.56 Å². The summed E-state index contributed by atoms with van der Waals surface area (Å²) >= 11 is 1.43.